The number of aromatic nitrogens is 2. The van der Waals surface area contributed by atoms with E-state index >= 15 is 0 Å². The first-order valence-electron chi connectivity index (χ1n) is 5.75. The Morgan fingerprint density at radius 3 is 2.75 bits per heavy atom. The number of anilines is 1. The average molecular weight is 287 g/mol. The van der Waals surface area contributed by atoms with E-state index in [1.54, 1.807) is 30.3 Å². The summed E-state index contributed by atoms with van der Waals surface area (Å²) in [6.45, 7) is 0. The molecule has 0 bridgehead atoms. The monoisotopic (exact) mass is 286 g/mol. The Morgan fingerprint density at radius 1 is 1.25 bits per heavy atom. The van der Waals surface area contributed by atoms with E-state index in [0.717, 1.165) is 0 Å². The molecule has 3 rings (SSSR count). The smallest absolute Gasteiger partial charge is 0.206 e. The molecule has 4 nitrogen and oxygen atoms in total. The number of nitrogens with zero attached hydrogens (tertiary/aromatic N) is 3. The predicted octanol–water partition coefficient (Wildman–Crippen LogP) is 3.27. The van der Waals surface area contributed by atoms with Crippen LogP contribution in [0.3, 0.4) is 0 Å². The molecule has 2 N–H and O–H groups in total. The molecule has 1 heterocycles. The molecule has 0 aliphatic heterocycles. The zero-order valence-electron chi connectivity index (χ0n) is 10.1. The van der Waals surface area contributed by atoms with Crippen molar-refractivity contribution in [1.82, 2.24) is 9.55 Å². The van der Waals surface area contributed by atoms with Crippen LogP contribution in [0.5, 0.6) is 0 Å². The molecule has 0 spiro atoms. The summed E-state index contributed by atoms with van der Waals surface area (Å²) < 4.78 is 15.6. The van der Waals surface area contributed by atoms with Gasteiger partial charge >= 0.3 is 0 Å². The summed E-state index contributed by atoms with van der Waals surface area (Å²) >= 11 is 5.79. The Morgan fingerprint density at radius 2 is 2.00 bits per heavy atom. The third-order valence-electron chi connectivity index (χ3n) is 3.00. The van der Waals surface area contributed by atoms with E-state index in [2.05, 4.69) is 4.98 Å². The normalized spacial score (nSPS) is 10.7. The number of rotatable bonds is 1. The number of fused-ring (bicyclic) bond motifs is 1. The van der Waals surface area contributed by atoms with Crippen molar-refractivity contribution in [2.45, 2.75) is 0 Å². The fourth-order valence-corrected chi connectivity index (χ4v) is 2.30. The fourth-order valence-electron chi connectivity index (χ4n) is 2.13. The SMILES string of the molecule is N#Cc1cccc2c1nc(N)n2-c1cccc(Cl)c1F. The number of nitrogen functional groups attached to an aromatic ring is 1. The molecule has 0 aliphatic carbocycles. The lowest BCUT2D eigenvalue weighted by Crippen LogP contribution is -2.03. The van der Waals surface area contributed by atoms with Crippen molar-refractivity contribution in [3.05, 3.63) is 52.8 Å². The Hall–Kier alpha value is -2.58. The van der Waals surface area contributed by atoms with Crippen molar-refractivity contribution >= 4 is 28.6 Å². The van der Waals surface area contributed by atoms with Crippen molar-refractivity contribution < 1.29 is 4.39 Å². The van der Waals surface area contributed by atoms with Crippen LogP contribution in [0.15, 0.2) is 36.4 Å². The lowest BCUT2D eigenvalue weighted by atomic mass is 10.2. The van der Waals surface area contributed by atoms with Crippen LogP contribution in [-0.4, -0.2) is 9.55 Å². The van der Waals surface area contributed by atoms with Crippen molar-refractivity contribution in [2.75, 3.05) is 5.73 Å². The van der Waals surface area contributed by atoms with Crippen LogP contribution in [0.1, 0.15) is 5.56 Å². The topological polar surface area (TPSA) is 67.6 Å². The van der Waals surface area contributed by atoms with E-state index in [4.69, 9.17) is 22.6 Å². The van der Waals surface area contributed by atoms with Gasteiger partial charge in [-0.3, -0.25) is 4.57 Å². The Kier molecular flexibility index (Phi) is 2.81. The maximum atomic E-state index is 14.2. The summed E-state index contributed by atoms with van der Waals surface area (Å²) in [5, 5.41) is 9.07. The molecule has 0 amide bonds. The highest BCUT2D eigenvalue weighted by atomic mass is 35.5. The quantitative estimate of drug-likeness (QED) is 0.746. The Labute approximate surface area is 118 Å². The standard InChI is InChI=1S/C14H8ClFN4/c15-9-4-2-5-10(12(9)16)20-11-6-1-3-8(7-17)13(11)19-14(20)18/h1-6H,(H2,18,19). The first-order chi connectivity index (χ1) is 9.63. The van der Waals surface area contributed by atoms with Crippen LogP contribution in [-0.2, 0) is 0 Å². The van der Waals surface area contributed by atoms with Gasteiger partial charge in [-0.2, -0.15) is 5.26 Å². The van der Waals surface area contributed by atoms with Gasteiger partial charge in [-0.15, -0.1) is 0 Å². The van der Waals surface area contributed by atoms with Crippen LogP contribution in [0.2, 0.25) is 5.02 Å². The van der Waals surface area contributed by atoms with Crippen molar-refractivity contribution in [3.8, 4) is 11.8 Å². The summed E-state index contributed by atoms with van der Waals surface area (Å²) in [5.41, 5.74) is 7.44. The van der Waals surface area contributed by atoms with Crippen LogP contribution >= 0.6 is 11.6 Å². The average Bonchev–Trinajstić information content (AvgIpc) is 2.78. The number of benzene rings is 2. The minimum absolute atomic E-state index is 0.000174. The molecule has 20 heavy (non-hydrogen) atoms. The molecule has 1 aromatic heterocycles. The number of imidazole rings is 1. The second kappa shape index (κ2) is 4.51. The first kappa shape index (κ1) is 12.5. The number of hydrogen-bond acceptors (Lipinski definition) is 3. The molecule has 6 heteroatoms. The molecular formula is C14H8ClFN4. The third kappa shape index (κ3) is 1.70. The predicted molar refractivity (Wildman–Crippen MR) is 75.2 cm³/mol. The van der Waals surface area contributed by atoms with E-state index in [0.29, 0.717) is 16.6 Å². The molecular weight excluding hydrogens is 279 g/mol. The maximum absolute atomic E-state index is 14.2. The summed E-state index contributed by atoms with van der Waals surface area (Å²) in [4.78, 5) is 4.14. The van der Waals surface area contributed by atoms with Crippen LogP contribution in [0.25, 0.3) is 16.7 Å². The summed E-state index contributed by atoms with van der Waals surface area (Å²) in [6, 6.07) is 11.7. The van der Waals surface area contributed by atoms with Crippen molar-refractivity contribution in [1.29, 1.82) is 5.26 Å². The molecule has 98 valence electrons. The van der Waals surface area contributed by atoms with Gasteiger partial charge < -0.3 is 5.73 Å². The van der Waals surface area contributed by atoms with Gasteiger partial charge in [0.25, 0.3) is 0 Å². The number of para-hydroxylation sites is 1. The highest BCUT2D eigenvalue weighted by Gasteiger charge is 2.16. The second-order valence-corrected chi connectivity index (χ2v) is 4.57. The molecule has 3 aromatic rings. The molecule has 0 saturated carbocycles. The molecule has 0 radical (unpaired) electrons. The van der Waals surface area contributed by atoms with E-state index in [1.165, 1.54) is 10.6 Å². The van der Waals surface area contributed by atoms with Gasteiger partial charge in [0.2, 0.25) is 5.95 Å². The fraction of sp³-hybridized carbons (Fsp3) is 0. The maximum Gasteiger partial charge on any atom is 0.206 e. The number of nitrogens with two attached hydrogens (primary N) is 1. The Bertz CT molecular complexity index is 863. The molecule has 0 atom stereocenters. The second-order valence-electron chi connectivity index (χ2n) is 4.16. The van der Waals surface area contributed by atoms with E-state index in [-0.39, 0.29) is 16.7 Å². The first-order valence-corrected chi connectivity index (χ1v) is 6.12. The van der Waals surface area contributed by atoms with Gasteiger partial charge in [-0.05, 0) is 24.3 Å². The molecule has 0 aliphatic rings. The highest BCUT2D eigenvalue weighted by Crippen LogP contribution is 2.29. The van der Waals surface area contributed by atoms with Crippen molar-refractivity contribution in [3.63, 3.8) is 0 Å². The summed E-state index contributed by atoms with van der Waals surface area (Å²) in [7, 11) is 0. The molecule has 0 saturated heterocycles. The van der Waals surface area contributed by atoms with Gasteiger partial charge in [0.1, 0.15) is 11.6 Å². The zero-order chi connectivity index (χ0) is 14.3. The Balaban J connectivity index is 2.41. The van der Waals surface area contributed by atoms with E-state index in [1.807, 2.05) is 6.07 Å². The third-order valence-corrected chi connectivity index (χ3v) is 3.30. The molecule has 0 unspecified atom stereocenters. The van der Waals surface area contributed by atoms with Gasteiger partial charge in [0.15, 0.2) is 5.82 Å². The molecule has 0 fully saturated rings. The lowest BCUT2D eigenvalue weighted by Gasteiger charge is -2.08. The summed E-state index contributed by atoms with van der Waals surface area (Å²) in [6.07, 6.45) is 0. The van der Waals surface area contributed by atoms with Crippen molar-refractivity contribution in [2.24, 2.45) is 0 Å². The number of halogens is 2. The van der Waals surface area contributed by atoms with E-state index in [9.17, 15) is 4.39 Å². The van der Waals surface area contributed by atoms with Gasteiger partial charge in [-0.1, -0.05) is 23.7 Å². The van der Waals surface area contributed by atoms with Gasteiger partial charge in [0.05, 0.1) is 21.8 Å². The van der Waals surface area contributed by atoms with Gasteiger partial charge in [-0.25, -0.2) is 9.37 Å². The molecule has 2 aromatic carbocycles. The minimum Gasteiger partial charge on any atom is -0.369 e. The van der Waals surface area contributed by atoms with E-state index < -0.39 is 5.82 Å². The summed E-state index contributed by atoms with van der Waals surface area (Å²) in [5.74, 6) is -0.480. The highest BCUT2D eigenvalue weighted by molar-refractivity contribution is 6.30. The van der Waals surface area contributed by atoms with Crippen LogP contribution < -0.4 is 5.73 Å². The largest absolute Gasteiger partial charge is 0.369 e. The lowest BCUT2D eigenvalue weighted by molar-refractivity contribution is 0.620. The number of nitriles is 1. The minimum atomic E-state index is -0.581. The van der Waals surface area contributed by atoms with Gasteiger partial charge in [0, 0.05) is 0 Å². The zero-order valence-corrected chi connectivity index (χ0v) is 10.9. The van der Waals surface area contributed by atoms with Crippen LogP contribution in [0.4, 0.5) is 10.3 Å². The van der Waals surface area contributed by atoms with Crippen LogP contribution in [0, 0.1) is 17.1 Å². The number of hydrogen-bond donors (Lipinski definition) is 1.